The first-order valence-corrected chi connectivity index (χ1v) is 9.83. The van der Waals surface area contributed by atoms with Crippen molar-refractivity contribution < 1.29 is 9.53 Å². The number of hydrogen-bond donors (Lipinski definition) is 2. The molecule has 0 aromatic heterocycles. The summed E-state index contributed by atoms with van der Waals surface area (Å²) < 4.78 is 5.84. The molecule has 3 rings (SSSR count). The van der Waals surface area contributed by atoms with Crippen molar-refractivity contribution in [1.29, 1.82) is 0 Å². The van der Waals surface area contributed by atoms with Crippen LogP contribution in [0.4, 0.5) is 5.69 Å². The van der Waals surface area contributed by atoms with Gasteiger partial charge in [-0.2, -0.15) is 0 Å². The molecule has 2 saturated heterocycles. The standard InChI is InChI=1S/C20H32N4O2.3ClH/c1-23-10-12-24(13-11-23)14-15-26-19-5-3-18(4-6-19)22-20(25)7-2-17-8-9-21-16-17;;;/h3-6,17,21H,2,7-16H2,1H3,(H,22,25);3*1H. The van der Waals surface area contributed by atoms with Crippen molar-refractivity contribution >= 4 is 48.8 Å². The van der Waals surface area contributed by atoms with Crippen LogP contribution in [-0.2, 0) is 4.79 Å². The number of likely N-dealkylation sites (N-methyl/N-ethyl adjacent to an activating group) is 1. The molecule has 2 N–H and O–H groups in total. The number of ether oxygens (including phenoxy) is 1. The van der Waals surface area contributed by atoms with Gasteiger partial charge in [-0.3, -0.25) is 9.69 Å². The third-order valence-electron chi connectivity index (χ3n) is 5.35. The largest absolute Gasteiger partial charge is 0.492 e. The topological polar surface area (TPSA) is 56.8 Å². The number of amides is 1. The zero-order chi connectivity index (χ0) is 18.2. The molecule has 2 aliphatic rings. The zero-order valence-corrected chi connectivity index (χ0v) is 19.6. The molecular formula is C20H35Cl3N4O2. The summed E-state index contributed by atoms with van der Waals surface area (Å²) in [7, 11) is 2.17. The van der Waals surface area contributed by atoms with Gasteiger partial charge in [-0.25, -0.2) is 0 Å². The van der Waals surface area contributed by atoms with Gasteiger partial charge in [0.05, 0.1) is 0 Å². The highest BCUT2D eigenvalue weighted by Gasteiger charge is 2.16. The molecule has 1 unspecified atom stereocenters. The van der Waals surface area contributed by atoms with Gasteiger partial charge in [0, 0.05) is 44.8 Å². The number of nitrogens with one attached hydrogen (secondary N) is 2. The molecule has 29 heavy (non-hydrogen) atoms. The summed E-state index contributed by atoms with van der Waals surface area (Å²) in [5, 5.41) is 6.32. The first kappa shape index (κ1) is 28.2. The Morgan fingerprint density at radius 3 is 2.45 bits per heavy atom. The van der Waals surface area contributed by atoms with Crippen molar-refractivity contribution in [3.8, 4) is 5.75 Å². The number of nitrogens with zero attached hydrogens (tertiary/aromatic N) is 2. The highest BCUT2D eigenvalue weighted by atomic mass is 35.5. The summed E-state index contributed by atoms with van der Waals surface area (Å²) >= 11 is 0. The molecule has 168 valence electrons. The van der Waals surface area contributed by atoms with Crippen molar-refractivity contribution in [1.82, 2.24) is 15.1 Å². The van der Waals surface area contributed by atoms with Gasteiger partial charge in [-0.05, 0) is 63.2 Å². The Balaban J connectivity index is 0.00000261. The number of piperazine rings is 1. The fourth-order valence-electron chi connectivity index (χ4n) is 3.52. The van der Waals surface area contributed by atoms with E-state index in [2.05, 4.69) is 27.5 Å². The molecule has 1 atom stereocenters. The molecule has 1 aromatic carbocycles. The van der Waals surface area contributed by atoms with Crippen LogP contribution in [0.25, 0.3) is 0 Å². The lowest BCUT2D eigenvalue weighted by Gasteiger charge is -2.32. The Hall–Kier alpha value is -0.760. The fraction of sp³-hybridized carbons (Fsp3) is 0.650. The van der Waals surface area contributed by atoms with E-state index in [0.29, 0.717) is 18.9 Å². The number of anilines is 1. The Morgan fingerprint density at radius 2 is 1.83 bits per heavy atom. The van der Waals surface area contributed by atoms with Crippen LogP contribution in [0.1, 0.15) is 19.3 Å². The van der Waals surface area contributed by atoms with E-state index in [0.717, 1.165) is 63.7 Å². The maximum absolute atomic E-state index is 12.1. The molecular weight excluding hydrogens is 435 g/mol. The van der Waals surface area contributed by atoms with Crippen LogP contribution >= 0.6 is 37.2 Å². The third kappa shape index (κ3) is 10.2. The fourth-order valence-corrected chi connectivity index (χ4v) is 3.52. The summed E-state index contributed by atoms with van der Waals surface area (Å²) in [6.07, 6.45) is 2.75. The van der Waals surface area contributed by atoms with Crippen molar-refractivity contribution in [2.75, 3.05) is 64.8 Å². The molecule has 2 fully saturated rings. The maximum Gasteiger partial charge on any atom is 0.224 e. The molecule has 0 spiro atoms. The highest BCUT2D eigenvalue weighted by Crippen LogP contribution is 2.18. The lowest BCUT2D eigenvalue weighted by molar-refractivity contribution is -0.116. The highest BCUT2D eigenvalue weighted by molar-refractivity contribution is 5.90. The molecule has 0 radical (unpaired) electrons. The van der Waals surface area contributed by atoms with Crippen molar-refractivity contribution in [2.24, 2.45) is 5.92 Å². The number of rotatable bonds is 8. The molecule has 6 nitrogen and oxygen atoms in total. The number of carbonyl (C=O) groups excluding carboxylic acids is 1. The monoisotopic (exact) mass is 468 g/mol. The molecule has 0 saturated carbocycles. The minimum absolute atomic E-state index is 0. The van der Waals surface area contributed by atoms with Crippen LogP contribution in [0, 0.1) is 5.92 Å². The minimum Gasteiger partial charge on any atom is -0.492 e. The summed E-state index contributed by atoms with van der Waals surface area (Å²) in [6, 6.07) is 7.70. The summed E-state index contributed by atoms with van der Waals surface area (Å²) in [6.45, 7) is 8.28. The number of benzene rings is 1. The number of hydrogen-bond acceptors (Lipinski definition) is 5. The first-order chi connectivity index (χ1) is 12.7. The van der Waals surface area contributed by atoms with E-state index in [4.69, 9.17) is 4.74 Å². The average Bonchev–Trinajstić information content (AvgIpc) is 3.17. The summed E-state index contributed by atoms with van der Waals surface area (Å²) in [5.41, 5.74) is 0.839. The second-order valence-electron chi connectivity index (χ2n) is 7.46. The lowest BCUT2D eigenvalue weighted by Crippen LogP contribution is -2.45. The van der Waals surface area contributed by atoms with Crippen LogP contribution in [0.3, 0.4) is 0 Å². The molecule has 9 heteroatoms. The second-order valence-corrected chi connectivity index (χ2v) is 7.46. The van der Waals surface area contributed by atoms with E-state index in [1.54, 1.807) is 0 Å². The van der Waals surface area contributed by atoms with Crippen molar-refractivity contribution in [3.05, 3.63) is 24.3 Å². The van der Waals surface area contributed by atoms with E-state index in [-0.39, 0.29) is 43.1 Å². The van der Waals surface area contributed by atoms with Crippen LogP contribution in [0.15, 0.2) is 24.3 Å². The van der Waals surface area contributed by atoms with E-state index >= 15 is 0 Å². The predicted molar refractivity (Wildman–Crippen MR) is 126 cm³/mol. The number of halogens is 3. The summed E-state index contributed by atoms with van der Waals surface area (Å²) in [5.74, 6) is 1.60. The van der Waals surface area contributed by atoms with Crippen molar-refractivity contribution in [3.63, 3.8) is 0 Å². The van der Waals surface area contributed by atoms with E-state index in [1.807, 2.05) is 24.3 Å². The SMILES string of the molecule is CN1CCN(CCOc2ccc(NC(=O)CCC3CCNC3)cc2)CC1.Cl.Cl.Cl. The normalized spacial score (nSPS) is 19.4. The first-order valence-electron chi connectivity index (χ1n) is 9.83. The average molecular weight is 470 g/mol. The third-order valence-corrected chi connectivity index (χ3v) is 5.35. The molecule has 2 heterocycles. The van der Waals surface area contributed by atoms with Crippen LogP contribution in [0.2, 0.25) is 0 Å². The summed E-state index contributed by atoms with van der Waals surface area (Å²) in [4.78, 5) is 16.8. The molecule has 1 amide bonds. The molecule has 0 aliphatic carbocycles. The van der Waals surface area contributed by atoms with Gasteiger partial charge < -0.3 is 20.3 Å². The number of carbonyl (C=O) groups is 1. The van der Waals surface area contributed by atoms with Gasteiger partial charge in [0.1, 0.15) is 12.4 Å². The Morgan fingerprint density at radius 1 is 1.14 bits per heavy atom. The lowest BCUT2D eigenvalue weighted by atomic mass is 10.0. The minimum atomic E-state index is 0. The molecule has 2 aliphatic heterocycles. The van der Waals surface area contributed by atoms with Gasteiger partial charge in [0.25, 0.3) is 0 Å². The van der Waals surface area contributed by atoms with Gasteiger partial charge in [-0.15, -0.1) is 37.2 Å². The van der Waals surface area contributed by atoms with Gasteiger partial charge in [0.15, 0.2) is 0 Å². The van der Waals surface area contributed by atoms with Gasteiger partial charge >= 0.3 is 0 Å². The maximum atomic E-state index is 12.1. The van der Waals surface area contributed by atoms with Crippen LogP contribution in [-0.4, -0.2) is 75.2 Å². The smallest absolute Gasteiger partial charge is 0.224 e. The van der Waals surface area contributed by atoms with Gasteiger partial charge in [-0.1, -0.05) is 0 Å². The molecule has 0 bridgehead atoms. The second kappa shape index (κ2) is 15.1. The van der Waals surface area contributed by atoms with E-state index < -0.39 is 0 Å². The van der Waals surface area contributed by atoms with Crippen LogP contribution < -0.4 is 15.4 Å². The zero-order valence-electron chi connectivity index (χ0n) is 17.1. The van der Waals surface area contributed by atoms with E-state index in [9.17, 15) is 4.79 Å². The molecule has 1 aromatic rings. The van der Waals surface area contributed by atoms with E-state index in [1.165, 1.54) is 6.42 Å². The van der Waals surface area contributed by atoms with Gasteiger partial charge in [0.2, 0.25) is 5.91 Å². The van der Waals surface area contributed by atoms with Crippen molar-refractivity contribution in [2.45, 2.75) is 19.3 Å². The quantitative estimate of drug-likeness (QED) is 0.613. The Kier molecular flexibility index (Phi) is 14.7. The predicted octanol–water partition coefficient (Wildman–Crippen LogP) is 2.91. The Bertz CT molecular complexity index is 563. The Labute approximate surface area is 193 Å². The van der Waals surface area contributed by atoms with Crippen LogP contribution in [0.5, 0.6) is 5.75 Å².